The van der Waals surface area contributed by atoms with Crippen molar-refractivity contribution in [1.29, 1.82) is 0 Å². The predicted octanol–water partition coefficient (Wildman–Crippen LogP) is 3.61. The molecule has 0 aliphatic rings. The minimum absolute atomic E-state index is 0.153. The predicted molar refractivity (Wildman–Crippen MR) is 63.5 cm³/mol. The minimum atomic E-state index is -0.153. The van der Waals surface area contributed by atoms with Gasteiger partial charge in [0.2, 0.25) is 0 Å². The number of halogens is 2. The summed E-state index contributed by atoms with van der Waals surface area (Å²) in [6, 6.07) is 7.41. The third-order valence-corrected chi connectivity index (χ3v) is 3.60. The lowest BCUT2D eigenvalue weighted by atomic mass is 10.2. The molecule has 78 valence electrons. The molecule has 0 saturated carbocycles. The topological polar surface area (TPSA) is 33.1 Å². The van der Waals surface area contributed by atoms with Crippen LogP contribution in [0.25, 0.3) is 10.6 Å². The Morgan fingerprint density at radius 3 is 2.60 bits per heavy atom. The highest BCUT2D eigenvalue weighted by molar-refractivity contribution is 7.19. The average Bonchev–Trinajstić information content (AvgIpc) is 2.60. The van der Waals surface area contributed by atoms with Gasteiger partial charge in [-0.2, -0.15) is 0 Å². The zero-order valence-corrected chi connectivity index (χ0v) is 9.90. The maximum absolute atomic E-state index is 8.97. The van der Waals surface area contributed by atoms with E-state index < -0.39 is 0 Å². The van der Waals surface area contributed by atoms with Gasteiger partial charge in [0, 0.05) is 5.56 Å². The quantitative estimate of drug-likeness (QED) is 0.894. The zero-order valence-electron chi connectivity index (χ0n) is 7.58. The molecule has 2 rings (SSSR count). The van der Waals surface area contributed by atoms with E-state index >= 15 is 0 Å². The number of aliphatic hydroxyl groups is 1. The highest BCUT2D eigenvalue weighted by Gasteiger charge is 2.11. The van der Waals surface area contributed by atoms with E-state index in [4.69, 9.17) is 28.3 Å². The number of hydrogen-bond acceptors (Lipinski definition) is 3. The molecule has 0 aliphatic carbocycles. The highest BCUT2D eigenvalue weighted by Crippen LogP contribution is 2.35. The second kappa shape index (κ2) is 4.49. The Morgan fingerprint density at radius 2 is 2.00 bits per heavy atom. The first-order chi connectivity index (χ1) is 7.22. The molecule has 2 nitrogen and oxygen atoms in total. The van der Waals surface area contributed by atoms with Gasteiger partial charge in [-0.15, -0.1) is 11.3 Å². The van der Waals surface area contributed by atoms with Crippen LogP contribution in [0.2, 0.25) is 9.36 Å². The van der Waals surface area contributed by atoms with Crippen LogP contribution in [0.15, 0.2) is 24.3 Å². The molecule has 0 radical (unpaired) electrons. The number of benzene rings is 1. The first-order valence-electron chi connectivity index (χ1n) is 4.23. The molecule has 0 amide bonds. The summed E-state index contributed by atoms with van der Waals surface area (Å²) >= 11 is 13.2. The molecule has 0 atom stereocenters. The van der Waals surface area contributed by atoms with Crippen LogP contribution in [0.5, 0.6) is 0 Å². The highest BCUT2D eigenvalue weighted by atomic mass is 35.5. The Morgan fingerprint density at radius 1 is 1.27 bits per heavy atom. The van der Waals surface area contributed by atoms with Gasteiger partial charge in [-0.05, 0) is 6.07 Å². The van der Waals surface area contributed by atoms with E-state index in [1.54, 1.807) is 6.07 Å². The van der Waals surface area contributed by atoms with Gasteiger partial charge in [0.05, 0.1) is 17.3 Å². The number of hydrogen-bond donors (Lipinski definition) is 1. The number of aliphatic hydroxyl groups excluding tert-OH is 1. The van der Waals surface area contributed by atoms with Gasteiger partial charge in [0.15, 0.2) is 0 Å². The molecule has 0 aliphatic heterocycles. The van der Waals surface area contributed by atoms with Gasteiger partial charge >= 0.3 is 0 Å². The standard InChI is InChI=1S/C10H7Cl2NOS/c11-7-4-2-1-3-6(7)10-13-8(5-14)9(12)15-10/h1-4,14H,5H2. The lowest BCUT2D eigenvalue weighted by molar-refractivity contribution is 0.278. The van der Waals surface area contributed by atoms with E-state index in [0.717, 1.165) is 10.6 Å². The summed E-state index contributed by atoms with van der Waals surface area (Å²) in [6.45, 7) is -0.153. The van der Waals surface area contributed by atoms with Crippen molar-refractivity contribution >= 4 is 34.5 Å². The van der Waals surface area contributed by atoms with Gasteiger partial charge in [-0.25, -0.2) is 4.98 Å². The van der Waals surface area contributed by atoms with Crippen LogP contribution in [0.4, 0.5) is 0 Å². The molecular weight excluding hydrogens is 253 g/mol. The molecule has 1 N–H and O–H groups in total. The van der Waals surface area contributed by atoms with E-state index in [0.29, 0.717) is 15.1 Å². The summed E-state index contributed by atoms with van der Waals surface area (Å²) in [5.41, 5.74) is 1.34. The molecule has 0 unspecified atom stereocenters. The van der Waals surface area contributed by atoms with E-state index in [9.17, 15) is 0 Å². The SMILES string of the molecule is OCc1nc(-c2ccccc2Cl)sc1Cl. The number of thiazole rings is 1. The fourth-order valence-electron chi connectivity index (χ4n) is 1.18. The van der Waals surface area contributed by atoms with Crippen molar-refractivity contribution in [3.05, 3.63) is 39.3 Å². The smallest absolute Gasteiger partial charge is 0.126 e. The Balaban J connectivity index is 2.50. The lowest BCUT2D eigenvalue weighted by Crippen LogP contribution is -1.84. The Hall–Kier alpha value is -0.610. The number of rotatable bonds is 2. The van der Waals surface area contributed by atoms with Crippen molar-refractivity contribution in [2.75, 3.05) is 0 Å². The molecule has 1 aromatic carbocycles. The minimum Gasteiger partial charge on any atom is -0.390 e. The molecule has 0 bridgehead atoms. The van der Waals surface area contributed by atoms with E-state index in [1.165, 1.54) is 11.3 Å². The van der Waals surface area contributed by atoms with Crippen LogP contribution in [0.3, 0.4) is 0 Å². The van der Waals surface area contributed by atoms with Crippen molar-refractivity contribution < 1.29 is 5.11 Å². The van der Waals surface area contributed by atoms with Crippen molar-refractivity contribution in [2.45, 2.75) is 6.61 Å². The summed E-state index contributed by atoms with van der Waals surface area (Å²) in [7, 11) is 0. The molecule has 1 aromatic heterocycles. The normalized spacial score (nSPS) is 10.6. The van der Waals surface area contributed by atoms with Crippen LogP contribution < -0.4 is 0 Å². The van der Waals surface area contributed by atoms with Crippen LogP contribution in [0.1, 0.15) is 5.69 Å². The summed E-state index contributed by atoms with van der Waals surface area (Å²) in [5, 5.41) is 10.3. The molecule has 0 fully saturated rings. The van der Waals surface area contributed by atoms with Gasteiger partial charge in [-0.3, -0.25) is 0 Å². The zero-order chi connectivity index (χ0) is 10.8. The fourth-order valence-corrected chi connectivity index (χ4v) is 2.62. The van der Waals surface area contributed by atoms with Crippen molar-refractivity contribution in [2.24, 2.45) is 0 Å². The largest absolute Gasteiger partial charge is 0.390 e. The van der Waals surface area contributed by atoms with Gasteiger partial charge in [0.1, 0.15) is 9.34 Å². The first kappa shape index (κ1) is 10.9. The van der Waals surface area contributed by atoms with Crippen molar-refractivity contribution in [1.82, 2.24) is 4.98 Å². The molecule has 5 heteroatoms. The average molecular weight is 260 g/mol. The van der Waals surface area contributed by atoms with E-state index in [-0.39, 0.29) is 6.61 Å². The first-order valence-corrected chi connectivity index (χ1v) is 5.80. The third-order valence-electron chi connectivity index (χ3n) is 1.90. The molecule has 1 heterocycles. The fraction of sp³-hybridized carbons (Fsp3) is 0.100. The van der Waals surface area contributed by atoms with Gasteiger partial charge in [0.25, 0.3) is 0 Å². The Bertz CT molecular complexity index is 484. The van der Waals surface area contributed by atoms with Crippen LogP contribution >= 0.6 is 34.5 Å². The van der Waals surface area contributed by atoms with Crippen LogP contribution in [0, 0.1) is 0 Å². The van der Waals surface area contributed by atoms with Crippen molar-refractivity contribution in [3.8, 4) is 10.6 Å². The molecule has 0 spiro atoms. The number of nitrogens with zero attached hydrogens (tertiary/aromatic N) is 1. The van der Waals surface area contributed by atoms with Gasteiger partial charge < -0.3 is 5.11 Å². The third kappa shape index (κ3) is 2.16. The molecule has 2 aromatic rings. The summed E-state index contributed by atoms with van der Waals surface area (Å²) in [5.74, 6) is 0. The molecule has 0 saturated heterocycles. The summed E-state index contributed by atoms with van der Waals surface area (Å²) in [6.07, 6.45) is 0. The Kier molecular flexibility index (Phi) is 3.26. The van der Waals surface area contributed by atoms with E-state index in [2.05, 4.69) is 4.98 Å². The second-order valence-corrected chi connectivity index (χ2v) is 4.89. The van der Waals surface area contributed by atoms with Crippen LogP contribution in [-0.2, 0) is 6.61 Å². The molecule has 15 heavy (non-hydrogen) atoms. The summed E-state index contributed by atoms with van der Waals surface area (Å²) < 4.78 is 0.507. The second-order valence-electron chi connectivity index (χ2n) is 2.88. The van der Waals surface area contributed by atoms with Gasteiger partial charge in [-0.1, -0.05) is 41.4 Å². The van der Waals surface area contributed by atoms with Crippen LogP contribution in [-0.4, -0.2) is 10.1 Å². The van der Waals surface area contributed by atoms with Crippen molar-refractivity contribution in [3.63, 3.8) is 0 Å². The lowest BCUT2D eigenvalue weighted by Gasteiger charge is -1.97. The van der Waals surface area contributed by atoms with E-state index in [1.807, 2.05) is 18.2 Å². The maximum Gasteiger partial charge on any atom is 0.126 e. The Labute approximate surface area is 101 Å². The molecular formula is C10H7Cl2NOS. The summed E-state index contributed by atoms with van der Waals surface area (Å²) in [4.78, 5) is 4.21. The number of aromatic nitrogens is 1. The monoisotopic (exact) mass is 259 g/mol. The maximum atomic E-state index is 8.97.